The van der Waals surface area contributed by atoms with E-state index in [2.05, 4.69) is 64.7 Å². The molecular formula is C16H19N3S. The van der Waals surface area contributed by atoms with E-state index in [1.807, 2.05) is 0 Å². The number of piperazine rings is 1. The van der Waals surface area contributed by atoms with Crippen molar-refractivity contribution >= 4 is 22.7 Å². The predicted octanol–water partition coefficient (Wildman–Crippen LogP) is 3.29. The van der Waals surface area contributed by atoms with Gasteiger partial charge in [0.05, 0.1) is 18.8 Å². The van der Waals surface area contributed by atoms with Gasteiger partial charge in [-0.2, -0.15) is 5.10 Å². The van der Waals surface area contributed by atoms with Gasteiger partial charge in [0.15, 0.2) is 0 Å². The first-order chi connectivity index (χ1) is 9.83. The zero-order valence-electron chi connectivity index (χ0n) is 11.7. The molecule has 1 fully saturated rings. The average Bonchev–Trinajstić information content (AvgIpc) is 3.03. The summed E-state index contributed by atoms with van der Waals surface area (Å²) in [4.78, 5) is 3.68. The Hall–Kier alpha value is -1.81. The molecule has 2 heterocycles. The number of hydrazone groups is 1. The van der Waals surface area contributed by atoms with Crippen molar-refractivity contribution in [3.63, 3.8) is 0 Å². The van der Waals surface area contributed by atoms with Crippen LogP contribution in [0.3, 0.4) is 0 Å². The van der Waals surface area contributed by atoms with Crippen LogP contribution in [0.4, 0.5) is 5.69 Å². The van der Waals surface area contributed by atoms with E-state index in [9.17, 15) is 0 Å². The van der Waals surface area contributed by atoms with Gasteiger partial charge in [-0.1, -0.05) is 24.3 Å². The van der Waals surface area contributed by atoms with Gasteiger partial charge < -0.3 is 4.90 Å². The first kappa shape index (κ1) is 13.2. The zero-order valence-corrected chi connectivity index (χ0v) is 12.5. The van der Waals surface area contributed by atoms with E-state index in [4.69, 9.17) is 5.10 Å². The largest absolute Gasteiger partial charge is 0.368 e. The number of benzene rings is 1. The highest BCUT2D eigenvalue weighted by Gasteiger charge is 2.16. The summed E-state index contributed by atoms with van der Waals surface area (Å²) in [5.74, 6) is 0. The van der Waals surface area contributed by atoms with Gasteiger partial charge in [0.2, 0.25) is 0 Å². The minimum atomic E-state index is 0.984. The summed E-state index contributed by atoms with van der Waals surface area (Å²) in [6.45, 7) is 6.13. The number of anilines is 1. The Balaban J connectivity index is 1.60. The summed E-state index contributed by atoms with van der Waals surface area (Å²) in [5, 5.41) is 9.03. The molecule has 1 aromatic carbocycles. The van der Waals surface area contributed by atoms with E-state index in [-0.39, 0.29) is 0 Å². The Morgan fingerprint density at radius 1 is 1.00 bits per heavy atom. The Morgan fingerprint density at radius 3 is 2.40 bits per heavy atom. The van der Waals surface area contributed by atoms with E-state index < -0.39 is 0 Å². The summed E-state index contributed by atoms with van der Waals surface area (Å²) in [7, 11) is 0. The lowest BCUT2D eigenvalue weighted by molar-refractivity contribution is 0.270. The second kappa shape index (κ2) is 6.09. The number of thiophene rings is 1. The molecule has 104 valence electrons. The molecule has 0 unspecified atom stereocenters. The van der Waals surface area contributed by atoms with Crippen LogP contribution in [0.2, 0.25) is 0 Å². The van der Waals surface area contributed by atoms with Crippen LogP contribution in [0.15, 0.2) is 52.9 Å². The maximum Gasteiger partial charge on any atom is 0.0746 e. The fourth-order valence-corrected chi connectivity index (χ4v) is 3.11. The molecule has 0 amide bonds. The molecular weight excluding hydrogens is 266 g/mol. The van der Waals surface area contributed by atoms with Crippen LogP contribution in [-0.4, -0.2) is 36.9 Å². The molecule has 0 atom stereocenters. The minimum absolute atomic E-state index is 0.984. The van der Waals surface area contributed by atoms with Gasteiger partial charge in [0.1, 0.15) is 0 Å². The van der Waals surface area contributed by atoms with E-state index in [0.717, 1.165) is 31.9 Å². The molecule has 0 aliphatic carbocycles. The van der Waals surface area contributed by atoms with Crippen molar-refractivity contribution < 1.29 is 0 Å². The first-order valence-electron chi connectivity index (χ1n) is 6.97. The van der Waals surface area contributed by atoms with E-state index in [0.29, 0.717) is 0 Å². The molecule has 0 radical (unpaired) electrons. The van der Waals surface area contributed by atoms with Crippen molar-refractivity contribution in [2.24, 2.45) is 5.10 Å². The molecule has 1 aromatic heterocycles. The SMILES string of the molecule is CC(=NN1CCN(c2ccccc2)CC1)c1cccs1. The van der Waals surface area contributed by atoms with E-state index in [1.54, 1.807) is 11.3 Å². The van der Waals surface area contributed by atoms with Crippen molar-refractivity contribution in [2.45, 2.75) is 6.92 Å². The molecule has 1 aliphatic heterocycles. The average molecular weight is 285 g/mol. The third kappa shape index (κ3) is 3.02. The Kier molecular flexibility index (Phi) is 4.02. The van der Waals surface area contributed by atoms with Gasteiger partial charge in [0.25, 0.3) is 0 Å². The van der Waals surface area contributed by atoms with Gasteiger partial charge in [-0.3, -0.25) is 5.01 Å². The number of para-hydroxylation sites is 1. The summed E-state index contributed by atoms with van der Waals surface area (Å²) in [6, 6.07) is 14.8. The lowest BCUT2D eigenvalue weighted by Crippen LogP contribution is -2.44. The maximum atomic E-state index is 4.74. The van der Waals surface area contributed by atoms with Gasteiger partial charge in [-0.15, -0.1) is 11.3 Å². The highest BCUT2D eigenvalue weighted by molar-refractivity contribution is 7.12. The van der Waals surface area contributed by atoms with Gasteiger partial charge in [-0.25, -0.2) is 0 Å². The van der Waals surface area contributed by atoms with Crippen molar-refractivity contribution in [3.8, 4) is 0 Å². The lowest BCUT2D eigenvalue weighted by Gasteiger charge is -2.34. The molecule has 20 heavy (non-hydrogen) atoms. The third-order valence-electron chi connectivity index (χ3n) is 3.55. The van der Waals surface area contributed by atoms with Crippen molar-refractivity contribution in [2.75, 3.05) is 31.1 Å². The summed E-state index contributed by atoms with van der Waals surface area (Å²) < 4.78 is 0. The topological polar surface area (TPSA) is 18.8 Å². The van der Waals surface area contributed by atoms with Crippen molar-refractivity contribution in [3.05, 3.63) is 52.7 Å². The first-order valence-corrected chi connectivity index (χ1v) is 7.85. The smallest absolute Gasteiger partial charge is 0.0746 e. The van der Waals surface area contributed by atoms with Gasteiger partial charge >= 0.3 is 0 Å². The Morgan fingerprint density at radius 2 is 1.75 bits per heavy atom. The summed E-state index contributed by atoms with van der Waals surface area (Å²) in [6.07, 6.45) is 0. The third-order valence-corrected chi connectivity index (χ3v) is 4.53. The Bertz CT molecular complexity index is 555. The van der Waals surface area contributed by atoms with Crippen LogP contribution < -0.4 is 4.90 Å². The quantitative estimate of drug-likeness (QED) is 0.806. The van der Waals surface area contributed by atoms with Crippen molar-refractivity contribution in [1.82, 2.24) is 5.01 Å². The number of hydrogen-bond acceptors (Lipinski definition) is 4. The molecule has 1 saturated heterocycles. The van der Waals surface area contributed by atoms with Crippen LogP contribution in [0, 0.1) is 0 Å². The monoisotopic (exact) mass is 285 g/mol. The molecule has 0 bridgehead atoms. The molecule has 0 saturated carbocycles. The normalized spacial score (nSPS) is 16.6. The van der Waals surface area contributed by atoms with Crippen molar-refractivity contribution in [1.29, 1.82) is 0 Å². The van der Waals surface area contributed by atoms with Crippen LogP contribution >= 0.6 is 11.3 Å². The van der Waals surface area contributed by atoms with Crippen LogP contribution in [0.1, 0.15) is 11.8 Å². The zero-order chi connectivity index (χ0) is 13.8. The maximum absolute atomic E-state index is 4.74. The van der Waals surface area contributed by atoms with Gasteiger partial charge in [-0.05, 0) is 30.5 Å². The minimum Gasteiger partial charge on any atom is -0.368 e. The summed E-state index contributed by atoms with van der Waals surface area (Å²) >= 11 is 1.75. The highest BCUT2D eigenvalue weighted by atomic mass is 32.1. The second-order valence-electron chi connectivity index (χ2n) is 4.94. The molecule has 3 rings (SSSR count). The number of hydrogen-bond donors (Lipinski definition) is 0. The highest BCUT2D eigenvalue weighted by Crippen LogP contribution is 2.16. The van der Waals surface area contributed by atoms with Crippen LogP contribution in [0.25, 0.3) is 0 Å². The molecule has 0 N–H and O–H groups in total. The van der Waals surface area contributed by atoms with Gasteiger partial charge in [0, 0.05) is 23.7 Å². The van der Waals surface area contributed by atoms with E-state index in [1.165, 1.54) is 10.6 Å². The van der Waals surface area contributed by atoms with E-state index >= 15 is 0 Å². The molecule has 0 spiro atoms. The van der Waals surface area contributed by atoms with Crippen LogP contribution in [-0.2, 0) is 0 Å². The number of rotatable bonds is 3. The molecule has 4 heteroatoms. The Labute approximate surface area is 124 Å². The van der Waals surface area contributed by atoms with Crippen LogP contribution in [0.5, 0.6) is 0 Å². The number of nitrogens with zero attached hydrogens (tertiary/aromatic N) is 3. The standard InChI is InChI=1S/C16H19N3S/c1-14(16-8-5-13-20-16)17-19-11-9-18(10-12-19)15-6-3-2-4-7-15/h2-8,13H,9-12H2,1H3. The second-order valence-corrected chi connectivity index (χ2v) is 5.89. The molecule has 3 nitrogen and oxygen atoms in total. The molecule has 2 aromatic rings. The lowest BCUT2D eigenvalue weighted by atomic mass is 10.2. The summed E-state index contributed by atoms with van der Waals surface area (Å²) in [5.41, 5.74) is 2.43. The fraction of sp³-hybridized carbons (Fsp3) is 0.312. The fourth-order valence-electron chi connectivity index (χ4n) is 2.44. The predicted molar refractivity (Wildman–Crippen MR) is 86.8 cm³/mol. The molecule has 1 aliphatic rings.